The van der Waals surface area contributed by atoms with Crippen LogP contribution in [0.5, 0.6) is 0 Å². The minimum absolute atomic E-state index is 0.491. The van der Waals surface area contributed by atoms with Crippen LogP contribution in [0, 0.1) is 6.04 Å². The highest BCUT2D eigenvalue weighted by molar-refractivity contribution is 5.51. The van der Waals surface area contributed by atoms with Gasteiger partial charge in [-0.05, 0) is 40.9 Å². The maximum atomic E-state index is 9.10. The van der Waals surface area contributed by atoms with E-state index in [0.29, 0.717) is 17.4 Å². The second-order valence-electron chi connectivity index (χ2n) is 3.69. The molecular formula is C13H12N4. The van der Waals surface area contributed by atoms with E-state index in [1.165, 1.54) is 0 Å². The molecule has 0 aromatic heterocycles. The number of rotatable bonds is 3. The fourth-order valence-corrected chi connectivity index (χ4v) is 1.56. The predicted molar refractivity (Wildman–Crippen MR) is 67.7 cm³/mol. The van der Waals surface area contributed by atoms with E-state index >= 15 is 0 Å². The maximum Gasteiger partial charge on any atom is 0.169 e. The smallest absolute Gasteiger partial charge is 0.169 e. The normalized spacial score (nSPS) is 10.4. The Kier molecular flexibility index (Phi) is 3.05. The summed E-state index contributed by atoms with van der Waals surface area (Å²) in [6, 6.07) is 14.8. The molecule has 0 atom stereocenters. The number of benzene rings is 2. The van der Waals surface area contributed by atoms with Crippen LogP contribution in [0.3, 0.4) is 0 Å². The Hall–Kier alpha value is -2.36. The van der Waals surface area contributed by atoms with E-state index in [9.17, 15) is 0 Å². The molecule has 0 aliphatic carbocycles. The van der Waals surface area contributed by atoms with Gasteiger partial charge >= 0.3 is 0 Å². The average Bonchev–Trinajstić information content (AvgIpc) is 2.35. The third kappa shape index (κ3) is 2.42. The van der Waals surface area contributed by atoms with Gasteiger partial charge < -0.3 is 11.5 Å². The highest BCUT2D eigenvalue weighted by Crippen LogP contribution is 2.25. The number of nitrogens with two attached hydrogens (primary N) is 2. The zero-order chi connectivity index (χ0) is 12.3. The van der Waals surface area contributed by atoms with Crippen molar-refractivity contribution in [2.24, 2.45) is 5.11 Å². The van der Waals surface area contributed by atoms with Gasteiger partial charge in [0.05, 0.1) is 0 Å². The zero-order valence-corrected chi connectivity index (χ0v) is 9.17. The van der Waals surface area contributed by atoms with Gasteiger partial charge in [0.25, 0.3) is 0 Å². The minimum Gasteiger partial charge on any atom is -0.399 e. The van der Waals surface area contributed by atoms with E-state index < -0.39 is 0 Å². The number of nitrogen functional groups attached to an aromatic ring is 2. The first-order valence-corrected chi connectivity index (χ1v) is 5.14. The van der Waals surface area contributed by atoms with Gasteiger partial charge in [-0.3, -0.25) is 0 Å². The lowest BCUT2D eigenvalue weighted by molar-refractivity contribution is 1.04. The van der Waals surface area contributed by atoms with E-state index in [4.69, 9.17) is 17.0 Å². The van der Waals surface area contributed by atoms with Crippen LogP contribution < -0.4 is 17.0 Å². The summed E-state index contributed by atoms with van der Waals surface area (Å²) in [6.07, 6.45) is 0. The second-order valence-corrected chi connectivity index (χ2v) is 3.69. The molecule has 0 amide bonds. The SMILES string of the molecule is [N]=N[C](c1ccc(N)cc1)c1ccc(N)cc1. The molecule has 4 N–H and O–H groups in total. The van der Waals surface area contributed by atoms with Gasteiger partial charge in [0.2, 0.25) is 0 Å². The molecule has 0 saturated carbocycles. The van der Waals surface area contributed by atoms with E-state index in [1.807, 2.05) is 0 Å². The molecule has 0 bridgehead atoms. The first-order valence-electron chi connectivity index (χ1n) is 5.14. The highest BCUT2D eigenvalue weighted by Gasteiger charge is 2.14. The largest absolute Gasteiger partial charge is 0.399 e. The predicted octanol–water partition coefficient (Wildman–Crippen LogP) is 2.03. The Balaban J connectivity index is 2.36. The van der Waals surface area contributed by atoms with Crippen molar-refractivity contribution < 1.29 is 0 Å². The van der Waals surface area contributed by atoms with E-state index in [2.05, 4.69) is 5.11 Å². The summed E-state index contributed by atoms with van der Waals surface area (Å²) >= 11 is 0. The van der Waals surface area contributed by atoms with Gasteiger partial charge in [0, 0.05) is 11.4 Å². The summed E-state index contributed by atoms with van der Waals surface area (Å²) in [5.74, 6) is 0. The van der Waals surface area contributed by atoms with Gasteiger partial charge in [-0.2, -0.15) is 0 Å². The third-order valence-electron chi connectivity index (χ3n) is 2.47. The van der Waals surface area contributed by atoms with Crippen LogP contribution in [-0.4, -0.2) is 0 Å². The van der Waals surface area contributed by atoms with Crippen LogP contribution in [0.2, 0.25) is 0 Å². The molecule has 2 rings (SSSR count). The van der Waals surface area contributed by atoms with Crippen LogP contribution >= 0.6 is 0 Å². The van der Waals surface area contributed by atoms with Crippen LogP contribution in [0.15, 0.2) is 53.6 Å². The summed E-state index contributed by atoms with van der Waals surface area (Å²) in [5, 5.41) is 3.32. The lowest BCUT2D eigenvalue weighted by atomic mass is 9.99. The molecule has 0 aliphatic heterocycles. The molecule has 4 heteroatoms. The highest BCUT2D eigenvalue weighted by atomic mass is 15.0. The van der Waals surface area contributed by atoms with Crippen LogP contribution in [0.4, 0.5) is 11.4 Å². The van der Waals surface area contributed by atoms with Crippen molar-refractivity contribution in [3.63, 3.8) is 0 Å². The first kappa shape index (κ1) is 11.1. The Morgan fingerprint density at radius 1 is 0.765 bits per heavy atom. The first-order chi connectivity index (χ1) is 8.20. The topological polar surface area (TPSA) is 86.7 Å². The second kappa shape index (κ2) is 4.65. The molecule has 4 nitrogen and oxygen atoms in total. The Labute approximate surface area is 99.8 Å². The van der Waals surface area contributed by atoms with Gasteiger partial charge in [0.1, 0.15) is 0 Å². The van der Waals surface area contributed by atoms with E-state index in [-0.39, 0.29) is 0 Å². The standard InChI is InChI=1S/C13H12N4/c14-11-5-1-9(2-6-11)13(17-16)10-3-7-12(15)8-4-10/h1-8H,14-15H2. The third-order valence-corrected chi connectivity index (χ3v) is 2.47. The van der Waals surface area contributed by atoms with Crippen molar-refractivity contribution in [2.45, 2.75) is 0 Å². The fraction of sp³-hybridized carbons (Fsp3) is 0. The van der Waals surface area contributed by atoms with Crippen molar-refractivity contribution in [1.29, 1.82) is 0 Å². The molecule has 0 unspecified atom stereocenters. The molecule has 2 aromatic carbocycles. The molecule has 2 aromatic rings. The average molecular weight is 224 g/mol. The Bertz CT molecular complexity index is 456. The molecule has 0 spiro atoms. The summed E-state index contributed by atoms with van der Waals surface area (Å²) in [6.45, 7) is 0. The Morgan fingerprint density at radius 2 is 1.12 bits per heavy atom. The summed E-state index contributed by atoms with van der Waals surface area (Å²) in [7, 11) is 0. The minimum atomic E-state index is 0.491. The van der Waals surface area contributed by atoms with Crippen LogP contribution in [0.1, 0.15) is 11.1 Å². The zero-order valence-electron chi connectivity index (χ0n) is 9.17. The lowest BCUT2D eigenvalue weighted by Gasteiger charge is -2.10. The summed E-state index contributed by atoms with van der Waals surface area (Å²) in [4.78, 5) is 0. The monoisotopic (exact) mass is 224 g/mol. The van der Waals surface area contributed by atoms with Crippen LogP contribution in [-0.2, 0) is 0 Å². The maximum absolute atomic E-state index is 9.10. The Morgan fingerprint density at radius 3 is 1.41 bits per heavy atom. The van der Waals surface area contributed by atoms with Crippen molar-refractivity contribution in [3.8, 4) is 0 Å². The molecular weight excluding hydrogens is 212 g/mol. The van der Waals surface area contributed by atoms with Crippen molar-refractivity contribution >= 4 is 11.4 Å². The fourth-order valence-electron chi connectivity index (χ4n) is 1.56. The number of nitrogens with zero attached hydrogens (tertiary/aromatic N) is 2. The molecule has 17 heavy (non-hydrogen) atoms. The van der Waals surface area contributed by atoms with Gasteiger partial charge in [-0.15, -0.1) is 5.11 Å². The molecule has 0 heterocycles. The van der Waals surface area contributed by atoms with E-state index in [1.54, 1.807) is 48.5 Å². The summed E-state index contributed by atoms with van der Waals surface area (Å²) in [5.41, 5.74) is 23.2. The van der Waals surface area contributed by atoms with Gasteiger partial charge in [-0.25, -0.2) is 0 Å². The summed E-state index contributed by atoms with van der Waals surface area (Å²) < 4.78 is 0. The quantitative estimate of drug-likeness (QED) is 0.617. The van der Waals surface area contributed by atoms with Crippen molar-refractivity contribution in [1.82, 2.24) is 5.53 Å². The molecule has 84 valence electrons. The van der Waals surface area contributed by atoms with Crippen molar-refractivity contribution in [2.75, 3.05) is 11.5 Å². The number of hydrogen-bond acceptors (Lipinski definition) is 3. The lowest BCUT2D eigenvalue weighted by Crippen LogP contribution is -1.99. The molecule has 2 radical (unpaired) electrons. The molecule has 0 fully saturated rings. The van der Waals surface area contributed by atoms with Gasteiger partial charge in [-0.1, -0.05) is 24.3 Å². The number of hydrogen-bond donors (Lipinski definition) is 2. The van der Waals surface area contributed by atoms with Crippen molar-refractivity contribution in [3.05, 3.63) is 65.7 Å². The van der Waals surface area contributed by atoms with Crippen LogP contribution in [0.25, 0.3) is 0 Å². The molecule has 0 aliphatic rings. The van der Waals surface area contributed by atoms with E-state index in [0.717, 1.165) is 11.1 Å². The van der Waals surface area contributed by atoms with Gasteiger partial charge in [0.15, 0.2) is 6.04 Å². The number of anilines is 2. The molecule has 0 saturated heterocycles.